The van der Waals surface area contributed by atoms with Crippen LogP contribution >= 0.6 is 0 Å². The minimum atomic E-state index is -0.954. The number of benzene rings is 2. The number of nitrogens with zero attached hydrogens (tertiary/aromatic N) is 2. The van der Waals surface area contributed by atoms with E-state index >= 15 is 0 Å². The Morgan fingerprint density at radius 3 is 2.69 bits per heavy atom. The number of anilines is 2. The molecule has 0 bridgehead atoms. The minimum Gasteiger partial charge on any atom is -0.494 e. The lowest BCUT2D eigenvalue weighted by atomic mass is 10.1. The van der Waals surface area contributed by atoms with Gasteiger partial charge in [0.1, 0.15) is 0 Å². The fourth-order valence-electron chi connectivity index (χ4n) is 3.48. The third-order valence-corrected chi connectivity index (χ3v) is 4.93. The van der Waals surface area contributed by atoms with E-state index in [0.29, 0.717) is 0 Å². The lowest BCUT2D eigenvalue weighted by molar-refractivity contribution is 0.0697. The first-order valence-corrected chi connectivity index (χ1v) is 8.97. The van der Waals surface area contributed by atoms with Gasteiger partial charge >= 0.3 is 5.97 Å². The Balaban J connectivity index is 1.54. The first kappa shape index (κ1) is 16.9. The molecule has 2 aromatic carbocycles. The van der Waals surface area contributed by atoms with Crippen LogP contribution in [0.4, 0.5) is 11.4 Å². The summed E-state index contributed by atoms with van der Waals surface area (Å²) < 4.78 is 1.99. The number of fused-ring (bicyclic) bond motifs is 2. The van der Waals surface area contributed by atoms with Crippen LogP contribution in [-0.4, -0.2) is 30.6 Å². The third-order valence-electron chi connectivity index (χ3n) is 4.93. The van der Waals surface area contributed by atoms with Gasteiger partial charge in [-0.25, -0.2) is 9.78 Å². The molecule has 5 aromatic rings. The van der Waals surface area contributed by atoms with E-state index in [2.05, 4.69) is 15.3 Å². The third kappa shape index (κ3) is 2.85. The average Bonchev–Trinajstić information content (AvgIpc) is 3.36. The van der Waals surface area contributed by atoms with Crippen molar-refractivity contribution in [3.8, 4) is 17.1 Å². The molecule has 0 unspecified atom stereocenters. The van der Waals surface area contributed by atoms with Gasteiger partial charge in [-0.3, -0.25) is 4.40 Å². The topological polar surface area (TPSA) is 103 Å². The molecule has 0 saturated heterocycles. The molecule has 0 spiro atoms. The molecule has 5 rings (SSSR count). The number of H-pyrrole nitrogens is 1. The molecule has 7 nitrogen and oxygen atoms in total. The largest absolute Gasteiger partial charge is 0.494 e. The first-order chi connectivity index (χ1) is 14.1. The maximum Gasteiger partial charge on any atom is 0.335 e. The molecule has 7 heteroatoms. The Kier molecular flexibility index (Phi) is 3.74. The molecular formula is C22H16N4O3. The predicted octanol–water partition coefficient (Wildman–Crippen LogP) is 4.63. The Morgan fingerprint density at radius 1 is 1.07 bits per heavy atom. The zero-order valence-corrected chi connectivity index (χ0v) is 15.1. The highest BCUT2D eigenvalue weighted by molar-refractivity contribution is 5.91. The normalized spacial score (nSPS) is 11.2. The van der Waals surface area contributed by atoms with Crippen molar-refractivity contribution >= 4 is 33.8 Å². The number of carbonyl (C=O) groups is 1. The molecule has 4 N–H and O–H groups in total. The highest BCUT2D eigenvalue weighted by Crippen LogP contribution is 2.31. The van der Waals surface area contributed by atoms with Gasteiger partial charge in [0.25, 0.3) is 0 Å². The van der Waals surface area contributed by atoms with Crippen LogP contribution in [0, 0.1) is 0 Å². The Morgan fingerprint density at radius 2 is 1.90 bits per heavy atom. The van der Waals surface area contributed by atoms with Gasteiger partial charge < -0.3 is 20.5 Å². The number of imidazole rings is 1. The van der Waals surface area contributed by atoms with Gasteiger partial charge in [0.15, 0.2) is 11.5 Å². The van der Waals surface area contributed by atoms with Crippen LogP contribution in [0.2, 0.25) is 0 Å². The minimum absolute atomic E-state index is 0.160. The van der Waals surface area contributed by atoms with Gasteiger partial charge in [-0.15, -0.1) is 0 Å². The Labute approximate surface area is 164 Å². The smallest absolute Gasteiger partial charge is 0.335 e. The van der Waals surface area contributed by atoms with Crippen molar-refractivity contribution < 1.29 is 15.0 Å². The van der Waals surface area contributed by atoms with E-state index in [0.717, 1.165) is 39.1 Å². The van der Waals surface area contributed by atoms with E-state index in [1.807, 2.05) is 40.9 Å². The summed E-state index contributed by atoms with van der Waals surface area (Å²) in [5.74, 6) is -0.794. The average molecular weight is 384 g/mol. The summed E-state index contributed by atoms with van der Waals surface area (Å²) in [6.07, 6.45) is 5.40. The number of rotatable bonds is 4. The zero-order valence-electron chi connectivity index (χ0n) is 15.1. The highest BCUT2D eigenvalue weighted by Gasteiger charge is 2.11. The second-order valence-electron chi connectivity index (χ2n) is 6.70. The van der Waals surface area contributed by atoms with E-state index in [4.69, 9.17) is 5.11 Å². The van der Waals surface area contributed by atoms with Crippen molar-refractivity contribution in [3.63, 3.8) is 0 Å². The van der Waals surface area contributed by atoms with Crippen LogP contribution in [0.3, 0.4) is 0 Å². The van der Waals surface area contributed by atoms with Gasteiger partial charge in [-0.05, 0) is 54.1 Å². The molecule has 0 aliphatic carbocycles. The number of aromatic amines is 1. The molecule has 0 aliphatic heterocycles. The summed E-state index contributed by atoms with van der Waals surface area (Å²) in [4.78, 5) is 18.3. The number of aromatic nitrogens is 3. The van der Waals surface area contributed by atoms with Crippen molar-refractivity contribution in [3.05, 3.63) is 78.8 Å². The maximum absolute atomic E-state index is 11.0. The number of aromatic carboxylic acids is 1. The monoisotopic (exact) mass is 384 g/mol. The molecule has 3 heterocycles. The van der Waals surface area contributed by atoms with Gasteiger partial charge in [0.05, 0.1) is 16.9 Å². The molecule has 0 aliphatic rings. The van der Waals surface area contributed by atoms with E-state index in [-0.39, 0.29) is 11.4 Å². The Hall–Kier alpha value is -4.26. The maximum atomic E-state index is 11.0. The van der Waals surface area contributed by atoms with Gasteiger partial charge in [-0.1, -0.05) is 6.07 Å². The second-order valence-corrected chi connectivity index (χ2v) is 6.70. The fourth-order valence-corrected chi connectivity index (χ4v) is 3.48. The fraction of sp³-hybridized carbons (Fsp3) is 0. The van der Waals surface area contributed by atoms with E-state index in [1.165, 1.54) is 0 Å². The summed E-state index contributed by atoms with van der Waals surface area (Å²) in [6.45, 7) is 0. The number of aromatic hydroxyl groups is 1. The number of hydrogen-bond donors (Lipinski definition) is 4. The first-order valence-electron chi connectivity index (χ1n) is 8.97. The van der Waals surface area contributed by atoms with Crippen molar-refractivity contribution in [1.82, 2.24) is 14.4 Å². The molecule has 29 heavy (non-hydrogen) atoms. The van der Waals surface area contributed by atoms with Crippen molar-refractivity contribution in [2.24, 2.45) is 0 Å². The molecule has 0 fully saturated rings. The zero-order chi connectivity index (χ0) is 20.0. The SMILES string of the molecule is O=C(O)c1ccc(Nc2ccc(-c3ccc4c(O)[nH]cc4c3)n3ccnc23)cc1. The summed E-state index contributed by atoms with van der Waals surface area (Å²) in [7, 11) is 0. The molecule has 0 radical (unpaired) electrons. The van der Waals surface area contributed by atoms with Crippen LogP contribution < -0.4 is 5.32 Å². The van der Waals surface area contributed by atoms with Gasteiger partial charge in [-0.2, -0.15) is 0 Å². The number of carboxylic acids is 1. The van der Waals surface area contributed by atoms with Crippen LogP contribution in [0.25, 0.3) is 27.7 Å². The summed E-state index contributed by atoms with van der Waals surface area (Å²) >= 11 is 0. The second kappa shape index (κ2) is 6.42. The molecule has 3 aromatic heterocycles. The lowest BCUT2D eigenvalue weighted by Crippen LogP contribution is -1.99. The van der Waals surface area contributed by atoms with Crippen molar-refractivity contribution in [2.45, 2.75) is 0 Å². The number of nitrogens with one attached hydrogen (secondary N) is 2. The molecular weight excluding hydrogens is 368 g/mol. The summed E-state index contributed by atoms with van der Waals surface area (Å²) in [5.41, 5.74) is 4.53. The predicted molar refractivity (Wildman–Crippen MR) is 111 cm³/mol. The van der Waals surface area contributed by atoms with Gasteiger partial charge in [0.2, 0.25) is 0 Å². The molecule has 0 atom stereocenters. The van der Waals surface area contributed by atoms with Crippen molar-refractivity contribution in [2.75, 3.05) is 5.32 Å². The van der Waals surface area contributed by atoms with Crippen LogP contribution in [-0.2, 0) is 0 Å². The van der Waals surface area contributed by atoms with Crippen molar-refractivity contribution in [1.29, 1.82) is 0 Å². The Bertz CT molecular complexity index is 1370. The van der Waals surface area contributed by atoms with Crippen LogP contribution in [0.15, 0.2) is 73.2 Å². The molecule has 0 amide bonds. The number of hydrogen-bond acceptors (Lipinski definition) is 4. The highest BCUT2D eigenvalue weighted by atomic mass is 16.4. The lowest BCUT2D eigenvalue weighted by Gasteiger charge is -2.12. The van der Waals surface area contributed by atoms with E-state index in [1.54, 1.807) is 36.7 Å². The van der Waals surface area contributed by atoms with E-state index in [9.17, 15) is 9.90 Å². The summed E-state index contributed by atoms with van der Waals surface area (Å²) in [6, 6.07) is 16.4. The summed E-state index contributed by atoms with van der Waals surface area (Å²) in [5, 5.41) is 23.9. The molecule has 142 valence electrons. The van der Waals surface area contributed by atoms with E-state index < -0.39 is 5.97 Å². The standard InChI is InChI=1S/C22H16N4O3/c27-21-17-6-3-14(11-15(17)12-24-21)19-8-7-18(20-23-9-10-26(19)20)25-16-4-1-13(2-5-16)22(28)29/h1-12,24-25,27H,(H,28,29). The van der Waals surface area contributed by atoms with Crippen LogP contribution in [0.1, 0.15) is 10.4 Å². The number of carboxylic acid groups (broad SMARTS) is 1. The quantitative estimate of drug-likeness (QED) is 0.362. The van der Waals surface area contributed by atoms with Crippen LogP contribution in [0.5, 0.6) is 5.88 Å². The van der Waals surface area contributed by atoms with Gasteiger partial charge in [0, 0.05) is 35.1 Å². The number of pyridine rings is 1. The molecule has 0 saturated carbocycles.